The highest BCUT2D eigenvalue weighted by molar-refractivity contribution is 6.01. The lowest BCUT2D eigenvalue weighted by Crippen LogP contribution is -2.68. The first-order valence-electron chi connectivity index (χ1n) is 39.1. The standard InChI is InChI=1S/C76H117F7N12O13/c1-12-45(3)63-71(105)89(7)44-61(98)90(8)54-26-15-14-20-35-94(70(54)104)58(39-47-29-33-75(79,80)34-30-47)69(103)88(6)43-59(96)84-53(28-27-48-36-51(77)62(52(78)37-48)76(81,82)83)67(101)95-42-50(108-13-2)40-56(95)66(100)86-74(31-21-32-74)73(107)93(11)64(49-24-18-19-25-49)72(106)92(10)57(68(102)87(4)5)41-60(97)91(9)55(65(99)85-63)38-46-22-16-17-23-46/h14-15,45-58,62-64H,12-13,16-44H2,1-11H3,(H,84,96)(H,85,99)(H,86,100)/b15-14-/t45-,48?,50+,51?,52?,53-,54-,55-,56-,57-,58-,62?,63-,64-/m0/s1. The van der Waals surface area contributed by atoms with E-state index in [0.717, 1.165) is 50.2 Å². The average Bonchev–Trinajstić information content (AvgIpc) is 1.18. The minimum atomic E-state index is -5.20. The van der Waals surface area contributed by atoms with Crippen LogP contribution in [0.15, 0.2) is 12.2 Å². The highest BCUT2D eigenvalue weighted by Crippen LogP contribution is 2.46. The molecule has 8 rings (SSSR count). The first-order chi connectivity index (χ1) is 50.8. The second-order valence-corrected chi connectivity index (χ2v) is 32.5. The Labute approximate surface area is 630 Å². The normalized spacial score (nSPS) is 32.0. The minimum absolute atomic E-state index is 0.0197. The topological polar surface area (TPSA) is 279 Å². The monoisotopic (exact) mass is 1540 g/mol. The molecule has 3 N–H and O–H groups in total. The molecule has 608 valence electrons. The Morgan fingerprint density at radius 3 is 1.81 bits per heavy atom. The summed E-state index contributed by atoms with van der Waals surface area (Å²) in [5, 5.41) is 8.52. The van der Waals surface area contributed by atoms with Crippen molar-refractivity contribution < 1.29 is 93.0 Å². The van der Waals surface area contributed by atoms with Crippen LogP contribution in [0.3, 0.4) is 0 Å². The van der Waals surface area contributed by atoms with E-state index < -0.39 is 237 Å². The van der Waals surface area contributed by atoms with Crippen molar-refractivity contribution in [1.82, 2.24) is 60.0 Å². The van der Waals surface area contributed by atoms with E-state index >= 15 is 47.1 Å². The molecule has 0 aromatic carbocycles. The molecule has 32 heteroatoms. The maximum absolute atomic E-state index is 15.6. The highest BCUT2D eigenvalue weighted by atomic mass is 19.4. The number of carbonyl (C=O) groups excluding carboxylic acids is 12. The van der Waals surface area contributed by atoms with Crippen molar-refractivity contribution in [3.8, 4) is 0 Å². The van der Waals surface area contributed by atoms with E-state index in [-0.39, 0.29) is 89.8 Å². The SMILES string of the molecule is CCO[C@@H]1C[C@H]2C(=O)NC3(CCC3)C(=O)N(C)[C@@H](C3CCCC3)C(=O)N(C)[C@H](C(=O)N(C)C)CC(=O)N(C)[C@@H](CC3CCCC3)C(=O)N[C@@H]([C@@H](C)CC)C(=O)N(C)CC(=O)N(C)[C@H]3C/C=C\CCN(C3=O)[C@@H](CC3CCC(F)(F)CC3)C(=O)N(C)CC(=O)N[C@@H](CCC3CC(F)C(C(F)(F)F)C(F)C3)C(=O)N2C1. The number of alkyl halides is 7. The predicted molar refractivity (Wildman–Crippen MR) is 384 cm³/mol. The molecule has 0 aromatic rings. The molecule has 2 unspecified atom stereocenters. The molecule has 5 aliphatic carbocycles. The fraction of sp³-hybridized carbons (Fsp3) is 0.816. The molecule has 25 nitrogen and oxygen atoms in total. The van der Waals surface area contributed by atoms with E-state index in [2.05, 4.69) is 16.0 Å². The van der Waals surface area contributed by atoms with Crippen LogP contribution in [0.25, 0.3) is 0 Å². The molecule has 108 heavy (non-hydrogen) atoms. The number of fused-ring (bicyclic) bond motifs is 3. The van der Waals surface area contributed by atoms with Gasteiger partial charge in [-0.1, -0.05) is 70.9 Å². The largest absolute Gasteiger partial charge is 0.397 e. The van der Waals surface area contributed by atoms with Crippen molar-refractivity contribution in [2.45, 2.75) is 272 Å². The van der Waals surface area contributed by atoms with Crippen LogP contribution < -0.4 is 16.0 Å². The number of rotatable bonds is 13. The van der Waals surface area contributed by atoms with Gasteiger partial charge < -0.3 is 64.8 Å². The molecule has 1 spiro atoms. The van der Waals surface area contributed by atoms with Gasteiger partial charge in [-0.2, -0.15) is 13.2 Å². The van der Waals surface area contributed by atoms with E-state index in [1.54, 1.807) is 32.9 Å². The number of hydrogen-bond acceptors (Lipinski definition) is 13. The summed E-state index contributed by atoms with van der Waals surface area (Å²) in [5.41, 5.74) is -1.68. The molecule has 3 aliphatic heterocycles. The fourth-order valence-corrected chi connectivity index (χ4v) is 17.7. The van der Waals surface area contributed by atoms with Gasteiger partial charge in [0.05, 0.1) is 25.6 Å². The Bertz CT molecular complexity index is 3240. The van der Waals surface area contributed by atoms with Crippen molar-refractivity contribution in [3.05, 3.63) is 12.2 Å². The predicted octanol–water partition coefficient (Wildman–Crippen LogP) is 6.34. The van der Waals surface area contributed by atoms with Crippen molar-refractivity contribution in [3.63, 3.8) is 0 Å². The Kier molecular flexibility index (Phi) is 29.8. The van der Waals surface area contributed by atoms with Crippen molar-refractivity contribution in [2.24, 2.45) is 35.5 Å². The number of carbonyl (C=O) groups is 12. The molecular formula is C76H117F7N12O13. The van der Waals surface area contributed by atoms with Crippen molar-refractivity contribution >= 4 is 70.9 Å². The summed E-state index contributed by atoms with van der Waals surface area (Å²) in [7, 11) is 11.1. The van der Waals surface area contributed by atoms with Gasteiger partial charge in [-0.25, -0.2) is 17.6 Å². The first-order valence-corrected chi connectivity index (χ1v) is 39.1. The lowest BCUT2D eigenvalue weighted by atomic mass is 9.74. The van der Waals surface area contributed by atoms with Gasteiger partial charge in [0.25, 0.3) is 0 Å². The van der Waals surface area contributed by atoms with E-state index in [0.29, 0.717) is 38.5 Å². The number of nitrogens with zero attached hydrogens (tertiary/aromatic N) is 9. The van der Waals surface area contributed by atoms with Crippen molar-refractivity contribution in [2.75, 3.05) is 89.2 Å². The van der Waals surface area contributed by atoms with E-state index in [4.69, 9.17) is 4.74 Å². The number of likely N-dealkylation sites (N-methyl/N-ethyl adjacent to an activating group) is 7. The summed E-state index contributed by atoms with van der Waals surface area (Å²) in [4.78, 5) is 192. The third kappa shape index (κ3) is 20.7. The molecule has 0 aromatic heterocycles. The zero-order valence-corrected chi connectivity index (χ0v) is 64.9. The lowest BCUT2D eigenvalue weighted by Gasteiger charge is -2.46. The fourth-order valence-electron chi connectivity index (χ4n) is 17.7. The van der Waals surface area contributed by atoms with Gasteiger partial charge in [-0.3, -0.25) is 57.5 Å². The van der Waals surface area contributed by atoms with Gasteiger partial charge in [-0.05, 0) is 133 Å². The summed E-state index contributed by atoms with van der Waals surface area (Å²) in [6.07, 6.45) is -5.42. The summed E-state index contributed by atoms with van der Waals surface area (Å²) in [6, 6.07) is -11.1. The van der Waals surface area contributed by atoms with Crippen LogP contribution >= 0.6 is 0 Å². The second kappa shape index (κ2) is 37.2. The summed E-state index contributed by atoms with van der Waals surface area (Å²) >= 11 is 0. The van der Waals surface area contributed by atoms with Crippen LogP contribution in [0.5, 0.6) is 0 Å². The van der Waals surface area contributed by atoms with Crippen LogP contribution in [0, 0.1) is 35.5 Å². The number of ether oxygens (including phenoxy) is 1. The summed E-state index contributed by atoms with van der Waals surface area (Å²) in [5.74, 6) is -17.7. The smallest absolute Gasteiger partial charge is 0.377 e. The Morgan fingerprint density at radius 1 is 0.630 bits per heavy atom. The zero-order valence-electron chi connectivity index (χ0n) is 64.9. The molecule has 8 aliphatic rings. The molecule has 0 radical (unpaired) electrons. The third-order valence-corrected chi connectivity index (χ3v) is 24.8. The van der Waals surface area contributed by atoms with Crippen LogP contribution in [-0.4, -0.2) is 289 Å². The van der Waals surface area contributed by atoms with E-state index in [1.165, 1.54) is 76.0 Å². The number of halogens is 7. The van der Waals surface area contributed by atoms with Gasteiger partial charge in [0, 0.05) is 95.3 Å². The molecule has 3 heterocycles. The van der Waals surface area contributed by atoms with Gasteiger partial charge in [0.2, 0.25) is 76.8 Å². The number of nitrogens with one attached hydrogen (secondary N) is 3. The highest BCUT2D eigenvalue weighted by Gasteiger charge is 2.56. The molecular weight excluding hydrogens is 1420 g/mol. The zero-order chi connectivity index (χ0) is 79.6. The lowest BCUT2D eigenvalue weighted by molar-refractivity contribution is -0.219. The van der Waals surface area contributed by atoms with Crippen LogP contribution in [0.4, 0.5) is 30.7 Å². The Balaban J connectivity index is 1.20. The molecule has 5 saturated carbocycles. The van der Waals surface area contributed by atoms with Crippen LogP contribution in [0.2, 0.25) is 0 Å². The van der Waals surface area contributed by atoms with Gasteiger partial charge in [-0.15, -0.1) is 0 Å². The second-order valence-electron chi connectivity index (χ2n) is 32.5. The van der Waals surface area contributed by atoms with E-state index in [9.17, 15) is 41.1 Å². The maximum atomic E-state index is 15.6. The van der Waals surface area contributed by atoms with Crippen LogP contribution in [0.1, 0.15) is 188 Å². The number of amides is 12. The Hall–Kier alpha value is -7.15. The average molecular weight is 1540 g/mol. The van der Waals surface area contributed by atoms with E-state index in [1.807, 2.05) is 0 Å². The van der Waals surface area contributed by atoms with Gasteiger partial charge in [0.15, 0.2) is 0 Å². The quantitative estimate of drug-likeness (QED) is 0.134. The molecule has 2 bridgehead atoms. The molecule has 7 fully saturated rings. The number of hydrogen-bond donors (Lipinski definition) is 3. The minimum Gasteiger partial charge on any atom is -0.377 e. The van der Waals surface area contributed by atoms with Crippen molar-refractivity contribution in [1.29, 1.82) is 0 Å². The maximum Gasteiger partial charge on any atom is 0.397 e. The molecule has 12 amide bonds. The third-order valence-electron chi connectivity index (χ3n) is 24.8. The Morgan fingerprint density at radius 2 is 1.23 bits per heavy atom. The summed E-state index contributed by atoms with van der Waals surface area (Å²) < 4.78 is 108. The van der Waals surface area contributed by atoms with Crippen LogP contribution in [-0.2, 0) is 62.3 Å². The first kappa shape index (κ1) is 86.4. The molecule has 12 atom stereocenters. The molecule has 2 saturated heterocycles. The summed E-state index contributed by atoms with van der Waals surface area (Å²) in [6.45, 7) is 3.45. The van der Waals surface area contributed by atoms with Gasteiger partial charge >= 0.3 is 6.18 Å². The van der Waals surface area contributed by atoms with Gasteiger partial charge in [0.1, 0.15) is 72.1 Å².